The fourth-order valence-corrected chi connectivity index (χ4v) is 6.63. The average Bonchev–Trinajstić information content (AvgIpc) is 3.64. The van der Waals surface area contributed by atoms with Crippen LogP contribution in [0.4, 0.5) is 0 Å². The molecule has 0 N–H and O–H groups in total. The van der Waals surface area contributed by atoms with Crippen molar-refractivity contribution in [2.24, 2.45) is 0 Å². The molecule has 46 heavy (non-hydrogen) atoms. The Morgan fingerprint density at radius 1 is 0.652 bits per heavy atom. The molecule has 0 aliphatic carbocycles. The van der Waals surface area contributed by atoms with E-state index in [0.29, 0.717) is 0 Å². The van der Waals surface area contributed by atoms with Gasteiger partial charge in [-0.1, -0.05) is 71.9 Å². The summed E-state index contributed by atoms with van der Waals surface area (Å²) < 4.78 is 4.57. The van der Waals surface area contributed by atoms with Gasteiger partial charge in [0.25, 0.3) is 0 Å². The van der Waals surface area contributed by atoms with E-state index in [9.17, 15) is 0 Å². The molecule has 5 nitrogen and oxygen atoms in total. The van der Waals surface area contributed by atoms with Gasteiger partial charge in [-0.15, -0.1) is 0 Å². The van der Waals surface area contributed by atoms with E-state index in [0.717, 1.165) is 28.5 Å². The first-order valence-electron chi connectivity index (χ1n) is 16.0. The van der Waals surface area contributed by atoms with Crippen LogP contribution in [0.5, 0.6) is 0 Å². The van der Waals surface area contributed by atoms with E-state index in [4.69, 9.17) is 9.97 Å². The third-order valence-corrected chi connectivity index (χ3v) is 9.00. The molecule has 230 valence electrons. The summed E-state index contributed by atoms with van der Waals surface area (Å²) >= 11 is 0. The van der Waals surface area contributed by atoms with E-state index >= 15 is 0 Å². The maximum absolute atomic E-state index is 5.17. The van der Waals surface area contributed by atoms with Crippen LogP contribution in [0.25, 0.3) is 55.8 Å². The Bertz CT molecular complexity index is 2180. The van der Waals surface area contributed by atoms with Crippen LogP contribution in [0.1, 0.15) is 63.9 Å². The third-order valence-electron chi connectivity index (χ3n) is 9.00. The number of benzene rings is 3. The maximum atomic E-state index is 5.17. The van der Waals surface area contributed by atoms with Gasteiger partial charge in [-0.25, -0.2) is 9.97 Å². The van der Waals surface area contributed by atoms with Crippen LogP contribution in [0.15, 0.2) is 104 Å². The summed E-state index contributed by atoms with van der Waals surface area (Å²) in [5.41, 5.74) is 11.7. The number of rotatable bonds is 4. The first kappa shape index (κ1) is 29.7. The lowest BCUT2D eigenvalue weighted by Gasteiger charge is -2.25. The molecule has 4 heterocycles. The van der Waals surface area contributed by atoms with Crippen molar-refractivity contribution in [3.8, 4) is 34.0 Å². The Balaban J connectivity index is 1.41. The molecule has 0 unspecified atom stereocenters. The van der Waals surface area contributed by atoms with Gasteiger partial charge in [-0.2, -0.15) is 0 Å². The zero-order valence-corrected chi connectivity index (χ0v) is 28.1. The molecule has 0 aliphatic rings. The number of hydrogen-bond donors (Lipinski definition) is 0. The molecule has 0 amide bonds. The molecule has 5 heteroatoms. The highest BCUT2D eigenvalue weighted by Crippen LogP contribution is 2.40. The molecule has 0 atom stereocenters. The predicted octanol–water partition coefficient (Wildman–Crippen LogP) is 10.3. The molecule has 0 bridgehead atoms. The summed E-state index contributed by atoms with van der Waals surface area (Å²) in [6.07, 6.45) is 7.64. The minimum Gasteiger partial charge on any atom is -0.309 e. The van der Waals surface area contributed by atoms with Gasteiger partial charge in [0, 0.05) is 52.2 Å². The Morgan fingerprint density at radius 2 is 1.35 bits per heavy atom. The van der Waals surface area contributed by atoms with Gasteiger partial charge in [0.1, 0.15) is 11.6 Å². The second-order valence-corrected chi connectivity index (χ2v) is 14.5. The first-order chi connectivity index (χ1) is 21.9. The van der Waals surface area contributed by atoms with Crippen LogP contribution >= 0.6 is 0 Å². The number of para-hydroxylation sites is 1. The Hall–Kier alpha value is -5.03. The Labute approximate surface area is 271 Å². The first-order valence-corrected chi connectivity index (χ1v) is 16.0. The normalized spacial score (nSPS) is 12.3. The van der Waals surface area contributed by atoms with Crippen LogP contribution in [0.3, 0.4) is 0 Å². The number of imidazole rings is 1. The predicted molar refractivity (Wildman–Crippen MR) is 191 cm³/mol. The SMILES string of the molecule is Cc1cc(-c2nccn2-c2cc(C(C)(C)C)cc(C(C)(C)C)n2)cc(C)c1-n1c2ccccc2c2c(-c3ccncc3)cccc21. The fourth-order valence-electron chi connectivity index (χ4n) is 6.63. The second-order valence-electron chi connectivity index (χ2n) is 14.5. The number of nitrogens with zero attached hydrogens (tertiary/aromatic N) is 5. The standard InChI is InChI=1S/C41H41N5/c1-26-22-29(39-43-20-21-45(39)36-25-30(40(3,4)5)24-35(44-36)41(6,7)8)23-27(2)38(26)46-33-14-10-9-12-32(33)37-31(13-11-15-34(37)46)28-16-18-42-19-17-28/h9-25H,1-8H3. The van der Waals surface area contributed by atoms with E-state index in [1.54, 1.807) is 0 Å². The van der Waals surface area contributed by atoms with Crippen LogP contribution < -0.4 is 0 Å². The fraction of sp³-hybridized carbons (Fsp3) is 0.244. The van der Waals surface area contributed by atoms with Crippen molar-refractivity contribution in [3.63, 3.8) is 0 Å². The molecule has 7 aromatic rings. The number of aromatic nitrogens is 5. The summed E-state index contributed by atoms with van der Waals surface area (Å²) in [7, 11) is 0. The van der Waals surface area contributed by atoms with Crippen molar-refractivity contribution >= 4 is 21.8 Å². The zero-order chi connectivity index (χ0) is 32.4. The molecular weight excluding hydrogens is 562 g/mol. The van der Waals surface area contributed by atoms with Gasteiger partial charge in [0.2, 0.25) is 0 Å². The lowest BCUT2D eigenvalue weighted by Crippen LogP contribution is -2.19. The Morgan fingerprint density at radius 3 is 2.04 bits per heavy atom. The van der Waals surface area contributed by atoms with Crippen LogP contribution in [-0.2, 0) is 10.8 Å². The van der Waals surface area contributed by atoms with Crippen molar-refractivity contribution < 1.29 is 0 Å². The van der Waals surface area contributed by atoms with Gasteiger partial charge < -0.3 is 4.57 Å². The van der Waals surface area contributed by atoms with E-state index in [-0.39, 0.29) is 10.8 Å². The van der Waals surface area contributed by atoms with E-state index in [1.165, 1.54) is 49.7 Å². The molecule has 3 aromatic carbocycles. The molecule has 0 fully saturated rings. The largest absolute Gasteiger partial charge is 0.309 e. The van der Waals surface area contributed by atoms with Gasteiger partial charge in [-0.05, 0) is 95.6 Å². The summed E-state index contributed by atoms with van der Waals surface area (Å²) in [5, 5.41) is 2.49. The zero-order valence-electron chi connectivity index (χ0n) is 28.1. The van der Waals surface area contributed by atoms with E-state index in [1.807, 2.05) is 24.8 Å². The molecule has 4 aromatic heterocycles. The van der Waals surface area contributed by atoms with Crippen molar-refractivity contribution in [2.75, 3.05) is 0 Å². The number of pyridine rings is 2. The topological polar surface area (TPSA) is 48.5 Å². The van der Waals surface area contributed by atoms with Gasteiger partial charge >= 0.3 is 0 Å². The molecule has 0 radical (unpaired) electrons. The average molecular weight is 604 g/mol. The molecular formula is C41H41N5. The molecule has 0 aliphatic heterocycles. The van der Waals surface area contributed by atoms with Crippen molar-refractivity contribution in [3.05, 3.63) is 126 Å². The highest BCUT2D eigenvalue weighted by molar-refractivity contribution is 6.15. The monoisotopic (exact) mass is 603 g/mol. The molecule has 0 spiro atoms. The quantitative estimate of drug-likeness (QED) is 0.201. The second kappa shape index (κ2) is 10.8. The van der Waals surface area contributed by atoms with Crippen molar-refractivity contribution in [1.82, 2.24) is 24.1 Å². The van der Waals surface area contributed by atoms with Crippen molar-refractivity contribution in [1.29, 1.82) is 0 Å². The van der Waals surface area contributed by atoms with Crippen molar-refractivity contribution in [2.45, 2.75) is 66.2 Å². The highest BCUT2D eigenvalue weighted by Gasteiger charge is 2.24. The van der Waals surface area contributed by atoms with Crippen LogP contribution in [0.2, 0.25) is 0 Å². The summed E-state index contributed by atoms with van der Waals surface area (Å²) in [4.78, 5) is 14.3. The van der Waals surface area contributed by atoms with Gasteiger partial charge in [0.15, 0.2) is 0 Å². The summed E-state index contributed by atoms with van der Waals surface area (Å²) in [6, 6.07) is 28.5. The van der Waals surface area contributed by atoms with Crippen LogP contribution in [-0.4, -0.2) is 24.1 Å². The lowest BCUT2D eigenvalue weighted by molar-refractivity contribution is 0.550. The highest BCUT2D eigenvalue weighted by atomic mass is 15.1. The maximum Gasteiger partial charge on any atom is 0.145 e. The number of fused-ring (bicyclic) bond motifs is 3. The number of hydrogen-bond acceptors (Lipinski definition) is 3. The molecule has 0 saturated carbocycles. The number of aryl methyl sites for hydroxylation is 2. The van der Waals surface area contributed by atoms with E-state index < -0.39 is 0 Å². The molecule has 0 saturated heterocycles. The van der Waals surface area contributed by atoms with E-state index in [2.05, 4.69) is 148 Å². The summed E-state index contributed by atoms with van der Waals surface area (Å²) in [6.45, 7) is 17.9. The van der Waals surface area contributed by atoms with Crippen LogP contribution in [0, 0.1) is 13.8 Å². The Kier molecular flexibility index (Phi) is 6.97. The molecule has 7 rings (SSSR count). The lowest BCUT2D eigenvalue weighted by atomic mass is 9.83. The smallest absolute Gasteiger partial charge is 0.145 e. The third kappa shape index (κ3) is 5.00. The van der Waals surface area contributed by atoms with Gasteiger partial charge in [0.05, 0.1) is 16.7 Å². The minimum absolute atomic E-state index is 0.00711. The minimum atomic E-state index is -0.0782. The summed E-state index contributed by atoms with van der Waals surface area (Å²) in [5.74, 6) is 1.79. The van der Waals surface area contributed by atoms with Gasteiger partial charge in [-0.3, -0.25) is 9.55 Å².